The SMILES string of the molecule is CCNc1cc(Oc2cc(F)ccc2C)nc(SC)n1. The van der Waals surface area contributed by atoms with Crippen LogP contribution < -0.4 is 10.1 Å². The molecule has 2 aromatic rings. The predicted molar refractivity (Wildman–Crippen MR) is 79.2 cm³/mol. The van der Waals surface area contributed by atoms with Crippen molar-refractivity contribution in [1.29, 1.82) is 0 Å². The highest BCUT2D eigenvalue weighted by Crippen LogP contribution is 2.27. The Hall–Kier alpha value is -1.82. The van der Waals surface area contributed by atoms with Crippen molar-refractivity contribution in [3.05, 3.63) is 35.6 Å². The van der Waals surface area contributed by atoms with Crippen LogP contribution in [-0.2, 0) is 0 Å². The van der Waals surface area contributed by atoms with E-state index in [1.54, 1.807) is 12.1 Å². The van der Waals surface area contributed by atoms with Crippen molar-refractivity contribution in [1.82, 2.24) is 9.97 Å². The van der Waals surface area contributed by atoms with Gasteiger partial charge in [0.15, 0.2) is 5.16 Å². The monoisotopic (exact) mass is 293 g/mol. The Balaban J connectivity index is 2.32. The van der Waals surface area contributed by atoms with Crippen LogP contribution >= 0.6 is 11.8 Å². The number of rotatable bonds is 5. The first-order chi connectivity index (χ1) is 9.62. The molecule has 1 N–H and O–H groups in total. The zero-order chi connectivity index (χ0) is 14.5. The summed E-state index contributed by atoms with van der Waals surface area (Å²) in [5, 5.41) is 3.72. The number of thioether (sulfide) groups is 1. The Morgan fingerprint density at radius 3 is 2.80 bits per heavy atom. The van der Waals surface area contributed by atoms with E-state index >= 15 is 0 Å². The summed E-state index contributed by atoms with van der Waals surface area (Å²) in [6.45, 7) is 4.60. The second-order valence-corrected chi connectivity index (χ2v) is 4.89. The third kappa shape index (κ3) is 3.60. The van der Waals surface area contributed by atoms with E-state index in [0.717, 1.165) is 12.1 Å². The number of nitrogens with zero attached hydrogens (tertiary/aromatic N) is 2. The van der Waals surface area contributed by atoms with Gasteiger partial charge in [0.25, 0.3) is 0 Å². The Bertz CT molecular complexity index is 607. The first-order valence-electron chi connectivity index (χ1n) is 6.23. The average Bonchev–Trinajstić information content (AvgIpc) is 2.43. The molecule has 1 aromatic carbocycles. The Labute approximate surface area is 121 Å². The molecule has 0 aliphatic carbocycles. The van der Waals surface area contributed by atoms with Gasteiger partial charge >= 0.3 is 0 Å². The van der Waals surface area contributed by atoms with E-state index in [1.807, 2.05) is 20.1 Å². The number of hydrogen-bond acceptors (Lipinski definition) is 5. The van der Waals surface area contributed by atoms with Gasteiger partial charge in [0.05, 0.1) is 0 Å². The van der Waals surface area contributed by atoms with Crippen LogP contribution in [-0.4, -0.2) is 22.8 Å². The van der Waals surface area contributed by atoms with Crippen molar-refractivity contribution >= 4 is 17.6 Å². The highest BCUT2D eigenvalue weighted by atomic mass is 32.2. The van der Waals surface area contributed by atoms with Crippen molar-refractivity contribution in [3.63, 3.8) is 0 Å². The molecule has 20 heavy (non-hydrogen) atoms. The summed E-state index contributed by atoms with van der Waals surface area (Å²) in [6, 6.07) is 6.13. The second kappa shape index (κ2) is 6.56. The highest BCUT2D eigenvalue weighted by molar-refractivity contribution is 7.98. The number of ether oxygens (including phenoxy) is 1. The zero-order valence-corrected chi connectivity index (χ0v) is 12.4. The maximum absolute atomic E-state index is 13.3. The zero-order valence-electron chi connectivity index (χ0n) is 11.6. The molecule has 0 bridgehead atoms. The lowest BCUT2D eigenvalue weighted by atomic mass is 10.2. The summed E-state index contributed by atoms with van der Waals surface area (Å²) in [7, 11) is 0. The first-order valence-corrected chi connectivity index (χ1v) is 7.45. The van der Waals surface area contributed by atoms with Gasteiger partial charge in [-0.15, -0.1) is 0 Å². The summed E-state index contributed by atoms with van der Waals surface area (Å²) < 4.78 is 18.9. The smallest absolute Gasteiger partial charge is 0.225 e. The van der Waals surface area contributed by atoms with Gasteiger partial charge < -0.3 is 10.1 Å². The molecule has 0 spiro atoms. The van der Waals surface area contributed by atoms with Crippen molar-refractivity contribution in [3.8, 4) is 11.6 Å². The first kappa shape index (κ1) is 14.6. The minimum absolute atomic E-state index is 0.336. The van der Waals surface area contributed by atoms with Gasteiger partial charge in [-0.05, 0) is 31.7 Å². The lowest BCUT2D eigenvalue weighted by Crippen LogP contribution is -2.02. The van der Waals surface area contributed by atoms with E-state index in [1.165, 1.54) is 23.9 Å². The fraction of sp³-hybridized carbons (Fsp3) is 0.286. The number of nitrogens with one attached hydrogen (secondary N) is 1. The fourth-order valence-electron chi connectivity index (χ4n) is 1.62. The van der Waals surface area contributed by atoms with Gasteiger partial charge in [-0.3, -0.25) is 0 Å². The second-order valence-electron chi connectivity index (χ2n) is 4.12. The minimum atomic E-state index is -0.336. The van der Waals surface area contributed by atoms with Crippen LogP contribution in [0.2, 0.25) is 0 Å². The average molecular weight is 293 g/mol. The number of aryl methyl sites for hydroxylation is 1. The number of hydrogen-bond donors (Lipinski definition) is 1. The summed E-state index contributed by atoms with van der Waals surface area (Å²) >= 11 is 1.42. The molecule has 4 nitrogen and oxygen atoms in total. The van der Waals surface area contributed by atoms with E-state index in [9.17, 15) is 4.39 Å². The molecule has 0 aliphatic heterocycles. The topological polar surface area (TPSA) is 47.0 Å². The molecule has 6 heteroatoms. The molecule has 2 rings (SSSR count). The largest absolute Gasteiger partial charge is 0.438 e. The molecular formula is C14H16FN3OS. The molecule has 0 unspecified atom stereocenters. The van der Waals surface area contributed by atoms with Crippen molar-refractivity contribution in [2.75, 3.05) is 18.1 Å². The van der Waals surface area contributed by atoms with E-state index in [-0.39, 0.29) is 5.82 Å². The Kier molecular flexibility index (Phi) is 4.79. The molecule has 1 heterocycles. The molecule has 0 radical (unpaired) electrons. The minimum Gasteiger partial charge on any atom is -0.438 e. The van der Waals surface area contributed by atoms with E-state index in [0.29, 0.717) is 22.6 Å². The van der Waals surface area contributed by atoms with E-state index < -0.39 is 0 Å². The molecule has 106 valence electrons. The molecule has 0 aliphatic rings. The summed E-state index contributed by atoms with van der Waals surface area (Å²) in [6.07, 6.45) is 1.89. The van der Waals surface area contributed by atoms with Gasteiger partial charge in [0, 0.05) is 18.7 Å². The maximum Gasteiger partial charge on any atom is 0.225 e. The van der Waals surface area contributed by atoms with Crippen LogP contribution in [0.25, 0.3) is 0 Å². The van der Waals surface area contributed by atoms with Crippen LogP contribution in [0.1, 0.15) is 12.5 Å². The molecule has 0 atom stereocenters. The molecular weight excluding hydrogens is 277 g/mol. The van der Waals surface area contributed by atoms with Crippen LogP contribution in [0.3, 0.4) is 0 Å². The lowest BCUT2D eigenvalue weighted by Gasteiger charge is -2.10. The third-order valence-corrected chi connectivity index (χ3v) is 3.14. The quantitative estimate of drug-likeness (QED) is 0.670. The van der Waals surface area contributed by atoms with Gasteiger partial charge in [-0.2, -0.15) is 4.98 Å². The lowest BCUT2D eigenvalue weighted by molar-refractivity contribution is 0.448. The molecule has 0 amide bonds. The molecule has 1 aromatic heterocycles. The fourth-order valence-corrected chi connectivity index (χ4v) is 1.99. The van der Waals surface area contributed by atoms with Crippen LogP contribution in [0.4, 0.5) is 10.2 Å². The molecule has 0 fully saturated rings. The number of anilines is 1. The van der Waals surface area contributed by atoms with Crippen LogP contribution in [0.15, 0.2) is 29.4 Å². The van der Waals surface area contributed by atoms with E-state index in [2.05, 4.69) is 15.3 Å². The number of aromatic nitrogens is 2. The number of halogens is 1. The van der Waals surface area contributed by atoms with Gasteiger partial charge in [0.1, 0.15) is 17.4 Å². The van der Waals surface area contributed by atoms with Crippen LogP contribution in [0, 0.1) is 12.7 Å². The maximum atomic E-state index is 13.3. The Morgan fingerprint density at radius 2 is 2.10 bits per heavy atom. The summed E-state index contributed by atoms with van der Waals surface area (Å²) in [5.74, 6) is 1.21. The summed E-state index contributed by atoms with van der Waals surface area (Å²) in [5.41, 5.74) is 0.848. The van der Waals surface area contributed by atoms with Crippen molar-refractivity contribution < 1.29 is 9.13 Å². The normalized spacial score (nSPS) is 10.4. The number of benzene rings is 1. The van der Waals surface area contributed by atoms with Crippen molar-refractivity contribution in [2.24, 2.45) is 0 Å². The van der Waals surface area contributed by atoms with Gasteiger partial charge in [-0.1, -0.05) is 17.8 Å². The highest BCUT2D eigenvalue weighted by Gasteiger charge is 2.08. The third-order valence-electron chi connectivity index (χ3n) is 2.59. The standard InChI is InChI=1S/C14H16FN3OS/c1-4-16-12-8-13(18-14(17-12)20-3)19-11-7-10(15)6-5-9(11)2/h5-8H,4H2,1-3H3,(H,16,17,18). The van der Waals surface area contributed by atoms with Crippen molar-refractivity contribution in [2.45, 2.75) is 19.0 Å². The summed E-state index contributed by atoms with van der Waals surface area (Å²) in [4.78, 5) is 8.58. The van der Waals surface area contributed by atoms with Gasteiger partial charge in [-0.25, -0.2) is 9.37 Å². The molecule has 0 saturated carbocycles. The van der Waals surface area contributed by atoms with E-state index in [4.69, 9.17) is 4.74 Å². The Morgan fingerprint density at radius 1 is 1.30 bits per heavy atom. The van der Waals surface area contributed by atoms with Gasteiger partial charge in [0.2, 0.25) is 5.88 Å². The van der Waals surface area contributed by atoms with Crippen LogP contribution in [0.5, 0.6) is 11.6 Å². The predicted octanol–water partition coefficient (Wildman–Crippen LogP) is 3.87. The molecule has 0 saturated heterocycles.